The van der Waals surface area contributed by atoms with E-state index in [1.165, 1.54) is 19.3 Å². The van der Waals surface area contributed by atoms with Gasteiger partial charge in [0.15, 0.2) is 0 Å². The summed E-state index contributed by atoms with van der Waals surface area (Å²) < 4.78 is 5.42. The lowest BCUT2D eigenvalue weighted by molar-refractivity contribution is 0.291. The number of aromatic nitrogens is 3. The molecule has 0 saturated heterocycles. The lowest BCUT2D eigenvalue weighted by Gasteiger charge is -2.16. The van der Waals surface area contributed by atoms with Crippen LogP contribution < -0.4 is 10.1 Å². The summed E-state index contributed by atoms with van der Waals surface area (Å²) in [6.45, 7) is 4.94. The van der Waals surface area contributed by atoms with Crippen molar-refractivity contribution >= 4 is 17.5 Å². The normalized spacial score (nSPS) is 23.1. The monoisotopic (exact) mass is 298 g/mol. The van der Waals surface area contributed by atoms with Crippen LogP contribution in [-0.2, 0) is 0 Å². The molecule has 0 spiro atoms. The number of anilines is 1. The summed E-state index contributed by atoms with van der Waals surface area (Å²) in [7, 11) is 0. The molecule has 1 aliphatic rings. The van der Waals surface area contributed by atoms with Crippen molar-refractivity contribution in [1.82, 2.24) is 15.0 Å². The van der Waals surface area contributed by atoms with E-state index in [9.17, 15) is 0 Å². The average molecular weight is 299 g/mol. The van der Waals surface area contributed by atoms with Crippen LogP contribution in [0.1, 0.15) is 52.4 Å². The van der Waals surface area contributed by atoms with Gasteiger partial charge in [-0.25, -0.2) is 0 Å². The van der Waals surface area contributed by atoms with Crippen molar-refractivity contribution in [2.24, 2.45) is 5.92 Å². The zero-order valence-electron chi connectivity index (χ0n) is 12.2. The van der Waals surface area contributed by atoms with E-state index in [4.69, 9.17) is 16.3 Å². The quantitative estimate of drug-likeness (QED) is 0.840. The number of nitrogens with one attached hydrogen (secondary N) is 1. The highest BCUT2D eigenvalue weighted by Gasteiger charge is 2.17. The second-order valence-corrected chi connectivity index (χ2v) is 5.85. The Morgan fingerprint density at radius 1 is 1.20 bits per heavy atom. The molecule has 20 heavy (non-hydrogen) atoms. The molecule has 1 aromatic heterocycles. The zero-order valence-corrected chi connectivity index (χ0v) is 13.0. The number of halogens is 1. The lowest BCUT2D eigenvalue weighted by atomic mass is 10.0. The number of hydrogen-bond acceptors (Lipinski definition) is 5. The molecule has 0 bridgehead atoms. The molecular weight excluding hydrogens is 276 g/mol. The molecule has 0 aromatic carbocycles. The van der Waals surface area contributed by atoms with Gasteiger partial charge in [-0.15, -0.1) is 0 Å². The standard InChI is InChI=1S/C14H23ClN4O/c1-3-9-20-14-18-12(15)17-13(19-14)16-11-6-4-5-10(2)7-8-11/h10-11H,3-9H2,1-2H3,(H,16,17,18,19). The van der Waals surface area contributed by atoms with Crippen molar-refractivity contribution in [2.75, 3.05) is 11.9 Å². The first kappa shape index (κ1) is 15.3. The van der Waals surface area contributed by atoms with Crippen molar-refractivity contribution in [1.29, 1.82) is 0 Å². The maximum Gasteiger partial charge on any atom is 0.322 e. The second-order valence-electron chi connectivity index (χ2n) is 5.51. The molecular formula is C14H23ClN4O. The van der Waals surface area contributed by atoms with Crippen LogP contribution in [0, 0.1) is 5.92 Å². The predicted octanol–water partition coefficient (Wildman–Crippen LogP) is 3.69. The van der Waals surface area contributed by atoms with Gasteiger partial charge in [-0.3, -0.25) is 0 Å². The Labute approximate surface area is 125 Å². The third-order valence-corrected chi connectivity index (χ3v) is 3.78. The van der Waals surface area contributed by atoms with E-state index >= 15 is 0 Å². The molecule has 1 heterocycles. The Kier molecular flexibility index (Phi) is 5.83. The van der Waals surface area contributed by atoms with Crippen LogP contribution in [0.15, 0.2) is 0 Å². The Balaban J connectivity index is 1.98. The van der Waals surface area contributed by atoms with Gasteiger partial charge in [0, 0.05) is 6.04 Å². The Morgan fingerprint density at radius 2 is 2.05 bits per heavy atom. The molecule has 0 amide bonds. The van der Waals surface area contributed by atoms with Crippen molar-refractivity contribution in [2.45, 2.75) is 58.4 Å². The molecule has 2 unspecified atom stereocenters. The molecule has 5 nitrogen and oxygen atoms in total. The number of ether oxygens (including phenoxy) is 1. The van der Waals surface area contributed by atoms with Gasteiger partial charge in [-0.05, 0) is 43.2 Å². The zero-order chi connectivity index (χ0) is 14.4. The molecule has 1 saturated carbocycles. The van der Waals surface area contributed by atoms with Gasteiger partial charge in [0.25, 0.3) is 0 Å². The van der Waals surface area contributed by atoms with Gasteiger partial charge < -0.3 is 10.1 Å². The molecule has 0 aliphatic heterocycles. The fraction of sp³-hybridized carbons (Fsp3) is 0.786. The van der Waals surface area contributed by atoms with E-state index in [1.807, 2.05) is 6.92 Å². The molecule has 0 radical (unpaired) electrons. The Bertz CT molecular complexity index is 430. The molecule has 2 atom stereocenters. The van der Waals surface area contributed by atoms with Crippen molar-refractivity contribution in [3.8, 4) is 6.01 Å². The predicted molar refractivity (Wildman–Crippen MR) is 80.3 cm³/mol. The minimum absolute atomic E-state index is 0.176. The van der Waals surface area contributed by atoms with Gasteiger partial charge in [0.05, 0.1) is 6.61 Å². The fourth-order valence-corrected chi connectivity index (χ4v) is 2.62. The summed E-state index contributed by atoms with van der Waals surface area (Å²) in [6, 6.07) is 0.716. The van der Waals surface area contributed by atoms with Crippen LogP contribution in [0.3, 0.4) is 0 Å². The molecule has 112 valence electrons. The molecule has 6 heteroatoms. The van der Waals surface area contributed by atoms with Crippen LogP contribution >= 0.6 is 11.6 Å². The van der Waals surface area contributed by atoms with Gasteiger partial charge in [-0.1, -0.05) is 26.7 Å². The lowest BCUT2D eigenvalue weighted by Crippen LogP contribution is -2.20. The first-order chi connectivity index (χ1) is 9.67. The van der Waals surface area contributed by atoms with Crippen LogP contribution in [0.2, 0.25) is 5.28 Å². The minimum Gasteiger partial charge on any atom is -0.463 e. The summed E-state index contributed by atoms with van der Waals surface area (Å²) in [6.07, 6.45) is 7.01. The Hall–Kier alpha value is -1.10. The van der Waals surface area contributed by atoms with E-state index in [-0.39, 0.29) is 5.28 Å². The Morgan fingerprint density at radius 3 is 2.85 bits per heavy atom. The fourth-order valence-electron chi connectivity index (χ4n) is 2.47. The largest absolute Gasteiger partial charge is 0.463 e. The van der Waals surface area contributed by atoms with Crippen molar-refractivity contribution < 1.29 is 4.74 Å². The van der Waals surface area contributed by atoms with Gasteiger partial charge in [0.1, 0.15) is 0 Å². The summed E-state index contributed by atoms with van der Waals surface area (Å²) >= 11 is 5.92. The molecule has 1 aliphatic carbocycles. The first-order valence-electron chi connectivity index (χ1n) is 7.48. The number of rotatable bonds is 5. The van der Waals surface area contributed by atoms with E-state index in [0.29, 0.717) is 24.6 Å². The summed E-state index contributed by atoms with van der Waals surface area (Å²) in [5, 5.41) is 3.55. The van der Waals surface area contributed by atoms with E-state index in [1.54, 1.807) is 0 Å². The highest BCUT2D eigenvalue weighted by molar-refractivity contribution is 6.28. The molecule has 1 aromatic rings. The number of hydrogen-bond donors (Lipinski definition) is 1. The van der Waals surface area contributed by atoms with Crippen LogP contribution in [-0.4, -0.2) is 27.6 Å². The van der Waals surface area contributed by atoms with E-state index in [2.05, 4.69) is 27.2 Å². The smallest absolute Gasteiger partial charge is 0.322 e. The van der Waals surface area contributed by atoms with Gasteiger partial charge >= 0.3 is 6.01 Å². The summed E-state index contributed by atoms with van der Waals surface area (Å²) in [5.74, 6) is 1.34. The molecule has 1 fully saturated rings. The third-order valence-electron chi connectivity index (χ3n) is 3.61. The van der Waals surface area contributed by atoms with E-state index in [0.717, 1.165) is 25.2 Å². The van der Waals surface area contributed by atoms with Crippen molar-refractivity contribution in [3.63, 3.8) is 0 Å². The maximum absolute atomic E-state index is 5.92. The van der Waals surface area contributed by atoms with Gasteiger partial charge in [0.2, 0.25) is 11.2 Å². The highest BCUT2D eigenvalue weighted by atomic mass is 35.5. The number of nitrogens with zero attached hydrogens (tertiary/aromatic N) is 3. The second kappa shape index (κ2) is 7.62. The topological polar surface area (TPSA) is 59.9 Å². The maximum atomic E-state index is 5.92. The van der Waals surface area contributed by atoms with Crippen LogP contribution in [0.25, 0.3) is 0 Å². The van der Waals surface area contributed by atoms with Crippen LogP contribution in [0.4, 0.5) is 5.95 Å². The van der Waals surface area contributed by atoms with Gasteiger partial charge in [-0.2, -0.15) is 15.0 Å². The third kappa shape index (κ3) is 4.78. The summed E-state index contributed by atoms with van der Waals surface area (Å²) in [4.78, 5) is 12.4. The van der Waals surface area contributed by atoms with Crippen molar-refractivity contribution in [3.05, 3.63) is 5.28 Å². The molecule has 2 rings (SSSR count). The highest BCUT2D eigenvalue weighted by Crippen LogP contribution is 2.24. The average Bonchev–Trinajstić information content (AvgIpc) is 2.61. The summed E-state index contributed by atoms with van der Waals surface area (Å²) in [5.41, 5.74) is 0. The van der Waals surface area contributed by atoms with E-state index < -0.39 is 0 Å². The van der Waals surface area contributed by atoms with Crippen LogP contribution in [0.5, 0.6) is 6.01 Å². The first-order valence-corrected chi connectivity index (χ1v) is 7.86. The SMILES string of the molecule is CCCOc1nc(Cl)nc(NC2CCCC(C)CC2)n1. The minimum atomic E-state index is 0.176. The molecule has 1 N–H and O–H groups in total.